The molecule has 0 aromatic heterocycles. The Kier molecular flexibility index (Phi) is 6.46. The molecule has 0 spiro atoms. The van der Waals surface area contributed by atoms with Crippen molar-refractivity contribution in [2.24, 2.45) is 0 Å². The Balaban J connectivity index is 3.00. The quantitative estimate of drug-likeness (QED) is 0.691. The fourth-order valence-corrected chi connectivity index (χ4v) is 2.09. The van der Waals surface area contributed by atoms with Crippen molar-refractivity contribution in [2.75, 3.05) is 6.54 Å². The molecule has 0 bridgehead atoms. The van der Waals surface area contributed by atoms with Crippen LogP contribution in [0.4, 0.5) is 17.6 Å². The van der Waals surface area contributed by atoms with E-state index in [-0.39, 0.29) is 6.04 Å². The van der Waals surface area contributed by atoms with E-state index in [1.807, 2.05) is 13.8 Å². The minimum absolute atomic E-state index is 0.156. The van der Waals surface area contributed by atoms with E-state index in [2.05, 4.69) is 5.32 Å². The minimum Gasteiger partial charge on any atom is -0.310 e. The van der Waals surface area contributed by atoms with Gasteiger partial charge in [-0.2, -0.15) is 13.2 Å². The fourth-order valence-electron chi connectivity index (χ4n) is 2.09. The molecule has 0 aliphatic heterocycles. The van der Waals surface area contributed by atoms with Crippen molar-refractivity contribution in [3.8, 4) is 0 Å². The van der Waals surface area contributed by atoms with Gasteiger partial charge in [-0.15, -0.1) is 0 Å². The van der Waals surface area contributed by atoms with E-state index in [9.17, 15) is 17.6 Å². The average molecular weight is 291 g/mol. The number of unbranched alkanes of at least 4 members (excludes halogenated alkanes) is 1. The van der Waals surface area contributed by atoms with Crippen LogP contribution in [-0.2, 0) is 6.18 Å². The van der Waals surface area contributed by atoms with Gasteiger partial charge in [-0.1, -0.05) is 32.8 Å². The maximum atomic E-state index is 13.3. The highest BCUT2D eigenvalue weighted by Gasteiger charge is 2.34. The molecule has 1 unspecified atom stereocenters. The molecule has 0 aliphatic rings. The molecule has 1 nitrogen and oxygen atoms in total. The minimum atomic E-state index is -4.65. The zero-order valence-electron chi connectivity index (χ0n) is 11.9. The number of alkyl halides is 3. The summed E-state index contributed by atoms with van der Waals surface area (Å²) in [6.07, 6.45) is -1.12. The van der Waals surface area contributed by atoms with Gasteiger partial charge in [-0.3, -0.25) is 0 Å². The molecule has 1 rings (SSSR count). The summed E-state index contributed by atoms with van der Waals surface area (Å²) < 4.78 is 51.5. The number of halogens is 4. The molecule has 0 heterocycles. The van der Waals surface area contributed by atoms with Crippen LogP contribution in [0.15, 0.2) is 18.2 Å². The maximum Gasteiger partial charge on any atom is 0.419 e. The molecule has 0 radical (unpaired) electrons. The number of hydrogen-bond donors (Lipinski definition) is 1. The summed E-state index contributed by atoms with van der Waals surface area (Å²) in [7, 11) is 0. The standard InChI is InChI=1S/C15H21F4N/c1-3-5-6-14(20-9-4-2)11-7-8-13(16)12(10-11)15(17,18)19/h7-8,10,14,20H,3-6,9H2,1-2H3. The molecule has 0 saturated carbocycles. The molecule has 114 valence electrons. The monoisotopic (exact) mass is 291 g/mol. The Morgan fingerprint density at radius 2 is 1.85 bits per heavy atom. The Morgan fingerprint density at radius 1 is 1.15 bits per heavy atom. The smallest absolute Gasteiger partial charge is 0.310 e. The lowest BCUT2D eigenvalue weighted by atomic mass is 9.98. The summed E-state index contributed by atoms with van der Waals surface area (Å²) in [5, 5.41) is 3.23. The summed E-state index contributed by atoms with van der Waals surface area (Å²) >= 11 is 0. The topological polar surface area (TPSA) is 12.0 Å². The molecule has 0 fully saturated rings. The second-order valence-corrected chi connectivity index (χ2v) is 4.89. The molecular weight excluding hydrogens is 270 g/mol. The first-order valence-corrected chi connectivity index (χ1v) is 7.00. The van der Waals surface area contributed by atoms with Crippen molar-refractivity contribution >= 4 is 0 Å². The van der Waals surface area contributed by atoms with Crippen LogP contribution in [-0.4, -0.2) is 6.54 Å². The fraction of sp³-hybridized carbons (Fsp3) is 0.600. The predicted octanol–water partition coefficient (Wildman–Crippen LogP) is 5.08. The zero-order valence-corrected chi connectivity index (χ0v) is 11.9. The Hall–Kier alpha value is -1.10. The van der Waals surface area contributed by atoms with E-state index in [1.165, 1.54) is 6.07 Å². The molecule has 0 aliphatic carbocycles. The lowest BCUT2D eigenvalue weighted by Crippen LogP contribution is -2.23. The van der Waals surface area contributed by atoms with E-state index >= 15 is 0 Å². The summed E-state index contributed by atoms with van der Waals surface area (Å²) in [6.45, 7) is 4.76. The van der Waals surface area contributed by atoms with E-state index in [0.29, 0.717) is 5.56 Å². The van der Waals surface area contributed by atoms with Gasteiger partial charge in [0.2, 0.25) is 0 Å². The van der Waals surface area contributed by atoms with Gasteiger partial charge in [-0.25, -0.2) is 4.39 Å². The maximum absolute atomic E-state index is 13.3. The Bertz CT molecular complexity index is 407. The van der Waals surface area contributed by atoms with Crippen LogP contribution >= 0.6 is 0 Å². The molecule has 1 aromatic rings. The molecule has 1 atom stereocenters. The lowest BCUT2D eigenvalue weighted by molar-refractivity contribution is -0.140. The highest BCUT2D eigenvalue weighted by Crippen LogP contribution is 2.33. The van der Waals surface area contributed by atoms with E-state index in [0.717, 1.165) is 44.4 Å². The van der Waals surface area contributed by atoms with Crippen LogP contribution in [0.5, 0.6) is 0 Å². The molecule has 0 saturated heterocycles. The van der Waals surface area contributed by atoms with Crippen LogP contribution < -0.4 is 5.32 Å². The van der Waals surface area contributed by atoms with Crippen molar-refractivity contribution in [3.63, 3.8) is 0 Å². The van der Waals surface area contributed by atoms with Crippen molar-refractivity contribution < 1.29 is 17.6 Å². The first kappa shape index (κ1) is 17.0. The van der Waals surface area contributed by atoms with Gasteiger partial charge in [-0.05, 0) is 37.1 Å². The summed E-state index contributed by atoms with van der Waals surface area (Å²) in [6, 6.07) is 3.12. The van der Waals surface area contributed by atoms with Crippen molar-refractivity contribution in [1.29, 1.82) is 0 Å². The molecule has 0 amide bonds. The van der Waals surface area contributed by atoms with Crippen LogP contribution in [0.1, 0.15) is 56.7 Å². The summed E-state index contributed by atoms with van der Waals surface area (Å²) in [4.78, 5) is 0. The third-order valence-electron chi connectivity index (χ3n) is 3.19. The first-order valence-electron chi connectivity index (χ1n) is 7.00. The van der Waals surface area contributed by atoms with Gasteiger partial charge in [0.05, 0.1) is 5.56 Å². The second kappa shape index (κ2) is 7.62. The van der Waals surface area contributed by atoms with Crippen molar-refractivity contribution in [1.82, 2.24) is 5.32 Å². The predicted molar refractivity (Wildman–Crippen MR) is 72.0 cm³/mol. The highest BCUT2D eigenvalue weighted by molar-refractivity contribution is 5.29. The Labute approximate surface area is 117 Å². The third-order valence-corrected chi connectivity index (χ3v) is 3.19. The van der Waals surface area contributed by atoms with Gasteiger partial charge in [0.15, 0.2) is 0 Å². The van der Waals surface area contributed by atoms with E-state index in [4.69, 9.17) is 0 Å². The molecule has 1 N–H and O–H groups in total. The van der Waals surface area contributed by atoms with Gasteiger partial charge >= 0.3 is 6.18 Å². The molecule has 1 aromatic carbocycles. The van der Waals surface area contributed by atoms with Gasteiger partial charge in [0.25, 0.3) is 0 Å². The second-order valence-electron chi connectivity index (χ2n) is 4.89. The number of nitrogens with one attached hydrogen (secondary N) is 1. The normalized spacial score (nSPS) is 13.5. The lowest BCUT2D eigenvalue weighted by Gasteiger charge is -2.20. The van der Waals surface area contributed by atoms with Crippen LogP contribution in [0.3, 0.4) is 0 Å². The third kappa shape index (κ3) is 4.78. The number of rotatable bonds is 7. The first-order chi connectivity index (χ1) is 9.40. The SMILES string of the molecule is CCCCC(NCCC)c1ccc(F)c(C(F)(F)F)c1. The number of hydrogen-bond acceptors (Lipinski definition) is 1. The van der Waals surface area contributed by atoms with Crippen LogP contribution in [0.2, 0.25) is 0 Å². The van der Waals surface area contributed by atoms with Crippen LogP contribution in [0.25, 0.3) is 0 Å². The summed E-state index contributed by atoms with van der Waals surface area (Å²) in [5.74, 6) is -1.22. The molecular formula is C15H21F4N. The average Bonchev–Trinajstić information content (AvgIpc) is 2.38. The van der Waals surface area contributed by atoms with Crippen LogP contribution in [0, 0.1) is 5.82 Å². The molecule has 20 heavy (non-hydrogen) atoms. The van der Waals surface area contributed by atoms with Gasteiger partial charge < -0.3 is 5.32 Å². The highest BCUT2D eigenvalue weighted by atomic mass is 19.4. The number of benzene rings is 1. The van der Waals surface area contributed by atoms with Gasteiger partial charge in [0.1, 0.15) is 5.82 Å². The summed E-state index contributed by atoms with van der Waals surface area (Å²) in [5.41, 5.74) is -0.685. The van der Waals surface area contributed by atoms with Crippen molar-refractivity contribution in [3.05, 3.63) is 35.1 Å². The largest absolute Gasteiger partial charge is 0.419 e. The van der Waals surface area contributed by atoms with E-state index in [1.54, 1.807) is 0 Å². The van der Waals surface area contributed by atoms with E-state index < -0.39 is 17.6 Å². The molecule has 5 heteroatoms. The van der Waals surface area contributed by atoms with Crippen molar-refractivity contribution in [2.45, 2.75) is 51.7 Å². The zero-order chi connectivity index (χ0) is 15.2. The van der Waals surface area contributed by atoms with Gasteiger partial charge in [0, 0.05) is 6.04 Å². The Morgan fingerprint density at radius 3 is 2.40 bits per heavy atom.